The first-order chi connectivity index (χ1) is 26.9. The molecule has 0 bridgehead atoms. The average Bonchev–Trinajstić information content (AvgIpc) is 3.17. The summed E-state index contributed by atoms with van der Waals surface area (Å²) in [5.74, 6) is -0.0410. The smallest absolute Gasteiger partial charge is 0.306 e. The second-order valence-electron chi connectivity index (χ2n) is 17.2. The fourth-order valence-corrected chi connectivity index (χ4v) is 7.33. The first-order valence-electron chi connectivity index (χ1n) is 24.4. The highest BCUT2D eigenvalue weighted by Gasteiger charge is 2.19. The second kappa shape index (κ2) is 43.5. The van der Waals surface area contributed by atoms with Crippen LogP contribution in [0.15, 0.2) is 0 Å². The van der Waals surface area contributed by atoms with Crippen LogP contribution < -0.4 is 0 Å². The van der Waals surface area contributed by atoms with E-state index < -0.39 is 6.10 Å². The zero-order valence-corrected chi connectivity index (χ0v) is 37.4. The van der Waals surface area contributed by atoms with E-state index in [2.05, 4.69) is 27.7 Å². The van der Waals surface area contributed by atoms with Crippen molar-refractivity contribution in [3.8, 4) is 0 Å². The van der Waals surface area contributed by atoms with Crippen LogP contribution in [0.4, 0.5) is 0 Å². The molecule has 0 aromatic heterocycles. The number of unbranched alkanes of at least 4 members (excludes halogenated alkanes) is 31. The summed E-state index contributed by atoms with van der Waals surface area (Å²) in [5.41, 5.74) is 0. The van der Waals surface area contributed by atoms with Gasteiger partial charge in [-0.1, -0.05) is 233 Å². The largest absolute Gasteiger partial charge is 0.462 e. The quantitative estimate of drug-likeness (QED) is 0.0348. The minimum absolute atomic E-state index is 0.0633. The Morgan fingerprint density at radius 2 is 0.600 bits per heavy atom. The van der Waals surface area contributed by atoms with Crippen LogP contribution in [0.2, 0.25) is 0 Å². The third-order valence-corrected chi connectivity index (χ3v) is 11.0. The van der Waals surface area contributed by atoms with Crippen molar-refractivity contribution in [2.75, 3.05) is 13.2 Å². The molecule has 0 fully saturated rings. The predicted octanol–water partition coefficient (Wildman–Crippen LogP) is 15.5. The summed E-state index contributed by atoms with van der Waals surface area (Å²) in [4.78, 5) is 37.8. The Kier molecular flexibility index (Phi) is 42.3. The monoisotopic (exact) mass is 779 g/mol. The third-order valence-electron chi connectivity index (χ3n) is 11.0. The number of esters is 3. The Bertz CT molecular complexity index is 826. The van der Waals surface area contributed by atoms with Gasteiger partial charge in [0.05, 0.1) is 0 Å². The van der Waals surface area contributed by atoms with Gasteiger partial charge < -0.3 is 14.2 Å². The maximum atomic E-state index is 12.7. The van der Waals surface area contributed by atoms with Crippen molar-refractivity contribution in [3.63, 3.8) is 0 Å². The van der Waals surface area contributed by atoms with Crippen molar-refractivity contribution >= 4 is 17.9 Å². The molecule has 0 saturated carbocycles. The van der Waals surface area contributed by atoms with Gasteiger partial charge in [0.1, 0.15) is 13.2 Å². The average molecular weight is 779 g/mol. The molecule has 0 amide bonds. The van der Waals surface area contributed by atoms with E-state index >= 15 is 0 Å². The standard InChI is InChI=1S/C49H94O6/c1-5-7-9-11-13-15-17-19-21-24-28-32-36-40-47(50)53-43-46(55-49(52)42-38-34-30-25-20-18-16-14-12-10-8-6-2)44-54-48(51)41-37-33-29-26-22-23-27-31-35-39-45(3)4/h45-46H,5-44H2,1-4H3/t46-/m0/s1. The molecule has 0 radical (unpaired) electrons. The van der Waals surface area contributed by atoms with E-state index in [9.17, 15) is 14.4 Å². The summed E-state index contributed by atoms with van der Waals surface area (Å²) in [6, 6.07) is 0. The molecule has 6 nitrogen and oxygen atoms in total. The summed E-state index contributed by atoms with van der Waals surface area (Å²) >= 11 is 0. The summed E-state index contributed by atoms with van der Waals surface area (Å²) in [6.45, 7) is 8.99. The highest BCUT2D eigenvalue weighted by Crippen LogP contribution is 2.16. The Morgan fingerprint density at radius 3 is 0.891 bits per heavy atom. The van der Waals surface area contributed by atoms with Crippen molar-refractivity contribution in [3.05, 3.63) is 0 Å². The van der Waals surface area contributed by atoms with E-state index in [4.69, 9.17) is 14.2 Å². The Hall–Kier alpha value is -1.59. The molecule has 0 saturated heterocycles. The highest BCUT2D eigenvalue weighted by molar-refractivity contribution is 5.71. The zero-order valence-electron chi connectivity index (χ0n) is 37.4. The normalized spacial score (nSPS) is 11.9. The molecule has 6 heteroatoms. The van der Waals surface area contributed by atoms with Crippen molar-refractivity contribution in [2.24, 2.45) is 5.92 Å². The summed E-state index contributed by atoms with van der Waals surface area (Å²) in [7, 11) is 0. The van der Waals surface area contributed by atoms with Gasteiger partial charge >= 0.3 is 17.9 Å². The molecular weight excluding hydrogens is 685 g/mol. The molecule has 0 aromatic carbocycles. The van der Waals surface area contributed by atoms with Crippen LogP contribution in [0.1, 0.15) is 272 Å². The van der Waals surface area contributed by atoms with Crippen molar-refractivity contribution in [1.29, 1.82) is 0 Å². The molecule has 0 aliphatic heterocycles. The van der Waals surface area contributed by atoms with Crippen LogP contribution in [-0.4, -0.2) is 37.2 Å². The summed E-state index contributed by atoms with van der Waals surface area (Å²) in [6.07, 6.45) is 43.7. The lowest BCUT2D eigenvalue weighted by Crippen LogP contribution is -2.30. The van der Waals surface area contributed by atoms with Crippen LogP contribution in [0.5, 0.6) is 0 Å². The van der Waals surface area contributed by atoms with Crippen LogP contribution in [-0.2, 0) is 28.6 Å². The van der Waals surface area contributed by atoms with E-state index in [1.807, 2.05) is 0 Å². The Balaban J connectivity index is 4.32. The maximum Gasteiger partial charge on any atom is 0.306 e. The van der Waals surface area contributed by atoms with Gasteiger partial charge in [0, 0.05) is 19.3 Å². The van der Waals surface area contributed by atoms with Crippen LogP contribution in [0.3, 0.4) is 0 Å². The number of ether oxygens (including phenoxy) is 3. The van der Waals surface area contributed by atoms with Gasteiger partial charge in [-0.15, -0.1) is 0 Å². The Morgan fingerprint density at radius 1 is 0.345 bits per heavy atom. The van der Waals surface area contributed by atoms with Crippen LogP contribution in [0.25, 0.3) is 0 Å². The van der Waals surface area contributed by atoms with E-state index in [0.717, 1.165) is 63.7 Å². The van der Waals surface area contributed by atoms with E-state index in [-0.39, 0.29) is 31.1 Å². The molecule has 55 heavy (non-hydrogen) atoms. The molecule has 0 aromatic rings. The molecule has 326 valence electrons. The van der Waals surface area contributed by atoms with E-state index in [1.54, 1.807) is 0 Å². The van der Waals surface area contributed by atoms with Crippen molar-refractivity contribution < 1.29 is 28.6 Å². The van der Waals surface area contributed by atoms with Gasteiger partial charge in [0.25, 0.3) is 0 Å². The van der Waals surface area contributed by atoms with Gasteiger partial charge in [-0.25, -0.2) is 0 Å². The number of carbonyl (C=O) groups excluding carboxylic acids is 3. The third kappa shape index (κ3) is 43.4. The van der Waals surface area contributed by atoms with Gasteiger partial charge in [0.2, 0.25) is 0 Å². The number of hydrogen-bond donors (Lipinski definition) is 0. The van der Waals surface area contributed by atoms with Gasteiger partial charge in [-0.3, -0.25) is 14.4 Å². The summed E-state index contributed by atoms with van der Waals surface area (Å²) in [5, 5.41) is 0. The first-order valence-corrected chi connectivity index (χ1v) is 24.4. The minimum Gasteiger partial charge on any atom is -0.462 e. The zero-order chi connectivity index (χ0) is 40.3. The first kappa shape index (κ1) is 53.4. The van der Waals surface area contributed by atoms with E-state index in [0.29, 0.717) is 19.3 Å². The van der Waals surface area contributed by atoms with Gasteiger partial charge in [-0.05, 0) is 25.2 Å². The fraction of sp³-hybridized carbons (Fsp3) is 0.939. The minimum atomic E-state index is -0.759. The van der Waals surface area contributed by atoms with E-state index in [1.165, 1.54) is 167 Å². The van der Waals surface area contributed by atoms with Gasteiger partial charge in [0.15, 0.2) is 6.10 Å². The molecule has 0 unspecified atom stereocenters. The maximum absolute atomic E-state index is 12.7. The lowest BCUT2D eigenvalue weighted by atomic mass is 10.0. The Labute approximate surface area is 342 Å². The molecule has 0 N–H and O–H groups in total. The molecule has 0 heterocycles. The molecule has 0 aliphatic carbocycles. The molecular formula is C49H94O6. The molecule has 0 rings (SSSR count). The second-order valence-corrected chi connectivity index (χ2v) is 17.2. The molecule has 0 aliphatic rings. The topological polar surface area (TPSA) is 78.9 Å². The van der Waals surface area contributed by atoms with Crippen molar-refractivity contribution in [1.82, 2.24) is 0 Å². The summed E-state index contributed by atoms with van der Waals surface area (Å²) < 4.78 is 16.8. The fourth-order valence-electron chi connectivity index (χ4n) is 7.33. The SMILES string of the molecule is CCCCCCCCCCCCCCCC(=O)OC[C@@H](COC(=O)CCCCCCCCCCCC(C)C)OC(=O)CCCCCCCCCCCCCC. The highest BCUT2D eigenvalue weighted by atomic mass is 16.6. The predicted molar refractivity (Wildman–Crippen MR) is 233 cm³/mol. The van der Waals surface area contributed by atoms with Gasteiger partial charge in [-0.2, -0.15) is 0 Å². The number of rotatable bonds is 44. The van der Waals surface area contributed by atoms with Crippen LogP contribution in [0, 0.1) is 5.92 Å². The van der Waals surface area contributed by atoms with Crippen LogP contribution >= 0.6 is 0 Å². The number of hydrogen-bond acceptors (Lipinski definition) is 6. The molecule has 1 atom stereocenters. The molecule has 0 spiro atoms. The van der Waals surface area contributed by atoms with Crippen molar-refractivity contribution in [2.45, 2.75) is 278 Å². The lowest BCUT2D eigenvalue weighted by molar-refractivity contribution is -0.167. The lowest BCUT2D eigenvalue weighted by Gasteiger charge is -2.18. The number of carbonyl (C=O) groups is 3.